The van der Waals surface area contributed by atoms with Gasteiger partial charge in [0.1, 0.15) is 6.61 Å². The Bertz CT molecular complexity index is 630. The maximum absolute atomic E-state index is 6.38. The average Bonchev–Trinajstić information content (AvgIpc) is 2.55. The van der Waals surface area contributed by atoms with Crippen LogP contribution in [0.15, 0.2) is 36.4 Å². The quantitative estimate of drug-likeness (QED) is 0.652. The van der Waals surface area contributed by atoms with Crippen molar-refractivity contribution in [3.05, 3.63) is 58.1 Å². The van der Waals surface area contributed by atoms with Gasteiger partial charge in [-0.15, -0.1) is 12.4 Å². The molecule has 24 heavy (non-hydrogen) atoms. The second kappa shape index (κ2) is 10.4. The summed E-state index contributed by atoms with van der Waals surface area (Å²) in [5, 5.41) is 3.93. The second-order valence-electron chi connectivity index (χ2n) is 5.56. The summed E-state index contributed by atoms with van der Waals surface area (Å²) < 4.78 is 11.3. The van der Waals surface area contributed by atoms with E-state index in [0.29, 0.717) is 23.1 Å². The molecule has 3 nitrogen and oxygen atoms in total. The van der Waals surface area contributed by atoms with E-state index in [-0.39, 0.29) is 12.4 Å². The molecule has 0 aliphatic carbocycles. The Kier molecular flexibility index (Phi) is 8.98. The molecule has 0 spiro atoms. The highest BCUT2D eigenvalue weighted by Crippen LogP contribution is 2.37. The predicted molar refractivity (Wildman–Crippen MR) is 103 cm³/mol. The normalized spacial score (nSPS) is 10.2. The molecule has 0 bridgehead atoms. The van der Waals surface area contributed by atoms with Crippen LogP contribution in [0.25, 0.3) is 0 Å². The third kappa shape index (κ3) is 5.90. The van der Waals surface area contributed by atoms with Gasteiger partial charge in [0.2, 0.25) is 0 Å². The molecule has 0 unspecified atom stereocenters. The largest absolute Gasteiger partial charge is 0.493 e. The average molecular weight is 370 g/mol. The lowest BCUT2D eigenvalue weighted by Gasteiger charge is -2.14. The zero-order chi connectivity index (χ0) is 16.7. The van der Waals surface area contributed by atoms with E-state index in [9.17, 15) is 0 Å². The van der Waals surface area contributed by atoms with Gasteiger partial charge >= 0.3 is 0 Å². The number of halogens is 2. The summed E-state index contributed by atoms with van der Waals surface area (Å²) >= 11 is 6.38. The number of hydrogen-bond acceptors (Lipinski definition) is 3. The molecule has 0 aromatic heterocycles. The maximum atomic E-state index is 6.38. The van der Waals surface area contributed by atoms with Crippen LogP contribution in [0.3, 0.4) is 0 Å². The molecule has 0 heterocycles. The minimum atomic E-state index is 0. The number of rotatable bonds is 8. The van der Waals surface area contributed by atoms with E-state index in [1.54, 1.807) is 7.11 Å². The summed E-state index contributed by atoms with van der Waals surface area (Å²) in [4.78, 5) is 0. The summed E-state index contributed by atoms with van der Waals surface area (Å²) in [6, 6.07) is 12.1. The van der Waals surface area contributed by atoms with E-state index in [4.69, 9.17) is 21.1 Å². The molecule has 0 atom stereocenters. The van der Waals surface area contributed by atoms with Crippen molar-refractivity contribution in [1.82, 2.24) is 5.32 Å². The van der Waals surface area contributed by atoms with Crippen molar-refractivity contribution in [3.8, 4) is 11.5 Å². The monoisotopic (exact) mass is 369 g/mol. The molecule has 0 aliphatic rings. The molecular formula is C19H25Cl2NO2. The molecule has 0 amide bonds. The summed E-state index contributed by atoms with van der Waals surface area (Å²) in [5.41, 5.74) is 3.42. The highest BCUT2D eigenvalue weighted by molar-refractivity contribution is 6.32. The Morgan fingerprint density at radius 1 is 1.08 bits per heavy atom. The van der Waals surface area contributed by atoms with Crippen LogP contribution in [-0.2, 0) is 13.2 Å². The summed E-state index contributed by atoms with van der Waals surface area (Å²) in [5.74, 6) is 1.26. The van der Waals surface area contributed by atoms with Crippen LogP contribution in [0.4, 0.5) is 0 Å². The third-order valence-electron chi connectivity index (χ3n) is 3.55. The maximum Gasteiger partial charge on any atom is 0.180 e. The first-order valence-electron chi connectivity index (χ1n) is 7.89. The van der Waals surface area contributed by atoms with Crippen LogP contribution in [0.5, 0.6) is 11.5 Å². The lowest BCUT2D eigenvalue weighted by atomic mass is 10.1. The van der Waals surface area contributed by atoms with Crippen LogP contribution < -0.4 is 14.8 Å². The van der Waals surface area contributed by atoms with Crippen LogP contribution >= 0.6 is 24.0 Å². The molecule has 132 valence electrons. The van der Waals surface area contributed by atoms with Crippen molar-refractivity contribution in [2.45, 2.75) is 33.4 Å². The number of aryl methyl sites for hydroxylation is 1. The van der Waals surface area contributed by atoms with Gasteiger partial charge < -0.3 is 14.8 Å². The fourth-order valence-corrected chi connectivity index (χ4v) is 2.55. The van der Waals surface area contributed by atoms with Crippen LogP contribution in [0.2, 0.25) is 5.02 Å². The van der Waals surface area contributed by atoms with E-state index in [2.05, 4.69) is 43.4 Å². The van der Waals surface area contributed by atoms with Gasteiger partial charge in [-0.05, 0) is 43.1 Å². The lowest BCUT2D eigenvalue weighted by molar-refractivity contribution is 0.284. The van der Waals surface area contributed by atoms with Crippen LogP contribution in [0.1, 0.15) is 30.0 Å². The SMILES string of the molecule is CCCNCc1cc(Cl)c(OCc2ccc(C)cc2)c(OC)c1.Cl. The molecule has 2 aromatic rings. The predicted octanol–water partition coefficient (Wildman–Crippen LogP) is 5.16. The molecule has 2 rings (SSSR count). The van der Waals surface area contributed by atoms with E-state index >= 15 is 0 Å². The number of ether oxygens (including phenoxy) is 2. The van der Waals surface area contributed by atoms with Gasteiger partial charge in [0.15, 0.2) is 11.5 Å². The van der Waals surface area contributed by atoms with E-state index < -0.39 is 0 Å². The minimum Gasteiger partial charge on any atom is -0.493 e. The summed E-state index contributed by atoms with van der Waals surface area (Å²) in [6.45, 7) is 6.41. The zero-order valence-electron chi connectivity index (χ0n) is 14.4. The molecule has 0 fully saturated rings. The van der Waals surface area contributed by atoms with Crippen LogP contribution in [-0.4, -0.2) is 13.7 Å². The van der Waals surface area contributed by atoms with Crippen molar-refractivity contribution in [3.63, 3.8) is 0 Å². The standard InChI is InChI=1S/C19H24ClNO2.ClH/c1-4-9-21-12-16-10-17(20)19(18(11-16)22-3)23-13-15-7-5-14(2)6-8-15;/h5-8,10-11,21H,4,9,12-13H2,1-3H3;1H. The summed E-state index contributed by atoms with van der Waals surface area (Å²) in [7, 11) is 1.63. The van der Waals surface area contributed by atoms with Crippen molar-refractivity contribution in [2.24, 2.45) is 0 Å². The lowest BCUT2D eigenvalue weighted by Crippen LogP contribution is -2.14. The molecule has 1 N–H and O–H groups in total. The van der Waals surface area contributed by atoms with Crippen molar-refractivity contribution >= 4 is 24.0 Å². The fourth-order valence-electron chi connectivity index (χ4n) is 2.26. The van der Waals surface area contributed by atoms with E-state index in [0.717, 1.165) is 30.6 Å². The molecule has 0 saturated heterocycles. The number of methoxy groups -OCH3 is 1. The molecule has 0 radical (unpaired) electrons. The third-order valence-corrected chi connectivity index (χ3v) is 3.83. The smallest absolute Gasteiger partial charge is 0.180 e. The second-order valence-corrected chi connectivity index (χ2v) is 5.97. The van der Waals surface area contributed by atoms with Crippen LogP contribution in [0, 0.1) is 6.92 Å². The van der Waals surface area contributed by atoms with Gasteiger partial charge in [-0.2, -0.15) is 0 Å². The Balaban J connectivity index is 0.00000288. The topological polar surface area (TPSA) is 30.5 Å². The van der Waals surface area contributed by atoms with E-state index in [1.807, 2.05) is 12.1 Å². The molecule has 5 heteroatoms. The number of hydrogen-bond donors (Lipinski definition) is 1. The first-order valence-corrected chi connectivity index (χ1v) is 8.27. The Morgan fingerprint density at radius 3 is 2.42 bits per heavy atom. The van der Waals surface area contributed by atoms with Gasteiger partial charge in [-0.25, -0.2) is 0 Å². The highest BCUT2D eigenvalue weighted by Gasteiger charge is 2.12. The Morgan fingerprint density at radius 2 is 1.79 bits per heavy atom. The Labute approximate surface area is 155 Å². The van der Waals surface area contributed by atoms with Crippen molar-refractivity contribution < 1.29 is 9.47 Å². The molecular weight excluding hydrogens is 345 g/mol. The molecule has 0 aliphatic heterocycles. The zero-order valence-corrected chi connectivity index (χ0v) is 16.0. The first-order chi connectivity index (χ1) is 11.1. The highest BCUT2D eigenvalue weighted by atomic mass is 35.5. The fraction of sp³-hybridized carbons (Fsp3) is 0.368. The van der Waals surface area contributed by atoms with Crippen molar-refractivity contribution in [2.75, 3.05) is 13.7 Å². The van der Waals surface area contributed by atoms with E-state index in [1.165, 1.54) is 5.56 Å². The van der Waals surface area contributed by atoms with Gasteiger partial charge in [-0.1, -0.05) is 48.4 Å². The molecule has 0 saturated carbocycles. The van der Waals surface area contributed by atoms with Gasteiger partial charge in [0.05, 0.1) is 12.1 Å². The summed E-state index contributed by atoms with van der Waals surface area (Å²) in [6.07, 6.45) is 1.10. The van der Waals surface area contributed by atoms with Gasteiger partial charge in [-0.3, -0.25) is 0 Å². The van der Waals surface area contributed by atoms with Crippen molar-refractivity contribution in [1.29, 1.82) is 0 Å². The van der Waals surface area contributed by atoms with Gasteiger partial charge in [0.25, 0.3) is 0 Å². The number of benzene rings is 2. The number of nitrogens with one attached hydrogen (secondary N) is 1. The van der Waals surface area contributed by atoms with Gasteiger partial charge in [0, 0.05) is 6.54 Å². The molecule has 2 aromatic carbocycles. The Hall–Kier alpha value is -1.42. The first kappa shape index (κ1) is 20.6. The minimum absolute atomic E-state index is 0.